The van der Waals surface area contributed by atoms with Gasteiger partial charge in [-0.1, -0.05) is 363 Å². The van der Waals surface area contributed by atoms with Gasteiger partial charge in [0.1, 0.15) is 19.3 Å². The largest absolute Gasteiger partial charge is 0.472 e. The SMILES string of the molecule is CCCCCCCCCCCCCCCCCC(=O)OC[C@H](COP(=O)(O)OC[C@@H](O)COP(=O)(O)OC[C@@H](COC(=O)CCCCCCCCCC(C)C)OC(=O)CCCCCCCCCCCC(C)C)OC(=O)CCCCCCCCCCCCCCCCCCCCC(C)CC. The Morgan fingerprint density at radius 3 is 0.768 bits per heavy atom. The lowest BCUT2D eigenvalue weighted by molar-refractivity contribution is -0.161. The van der Waals surface area contributed by atoms with Crippen LogP contribution in [0.1, 0.15) is 414 Å². The number of phosphoric ester groups is 2. The Bertz CT molecular complexity index is 1920. The third-order valence-corrected chi connectivity index (χ3v) is 20.9. The Balaban J connectivity index is 5.21. The van der Waals surface area contributed by atoms with E-state index in [1.54, 1.807) is 0 Å². The van der Waals surface area contributed by atoms with E-state index in [1.165, 1.54) is 218 Å². The Hall–Kier alpha value is -1.94. The van der Waals surface area contributed by atoms with Crippen molar-refractivity contribution in [2.24, 2.45) is 17.8 Å². The maximum Gasteiger partial charge on any atom is 0.472 e. The van der Waals surface area contributed by atoms with Crippen molar-refractivity contribution >= 4 is 39.5 Å². The predicted octanol–water partition coefficient (Wildman–Crippen LogP) is 23.7. The molecule has 588 valence electrons. The van der Waals surface area contributed by atoms with Crippen LogP contribution in [0.4, 0.5) is 0 Å². The Morgan fingerprint density at radius 1 is 0.293 bits per heavy atom. The molecule has 0 amide bonds. The molecule has 0 saturated carbocycles. The summed E-state index contributed by atoms with van der Waals surface area (Å²) in [7, 11) is -9.92. The summed E-state index contributed by atoms with van der Waals surface area (Å²) in [5, 5.41) is 10.6. The second-order valence-electron chi connectivity index (χ2n) is 30.0. The summed E-state index contributed by atoms with van der Waals surface area (Å²) in [5.41, 5.74) is 0. The molecule has 0 aromatic heterocycles. The zero-order valence-electron chi connectivity index (χ0n) is 65.0. The predicted molar refractivity (Wildman–Crippen MR) is 405 cm³/mol. The standard InChI is InChI=1S/C80H156O17P2/c1-8-10-11-12-13-14-15-16-21-25-28-33-40-47-54-61-77(82)90-67-75(96-79(84)63-56-49-41-34-29-26-23-20-18-17-19-22-24-27-32-39-46-53-60-73(7)9-2)69-94-98(86,87)92-65-74(81)66-93-99(88,89)95-70-76(68-91-78(83)62-55-48-43-36-38-45-52-59-72(5)6)97-80(85)64-57-50-42-35-30-31-37-44-51-58-71(3)4/h71-76,81H,8-70H2,1-7H3,(H,86,87)(H,88,89)/t73?,74-,75-,76-/m1/s1. The Morgan fingerprint density at radius 2 is 0.515 bits per heavy atom. The molecule has 99 heavy (non-hydrogen) atoms. The van der Waals surface area contributed by atoms with Gasteiger partial charge >= 0.3 is 39.5 Å². The van der Waals surface area contributed by atoms with Gasteiger partial charge in [-0.05, 0) is 43.4 Å². The molecule has 0 bridgehead atoms. The normalized spacial score (nSPS) is 14.3. The molecule has 17 nitrogen and oxygen atoms in total. The van der Waals surface area contributed by atoms with Crippen LogP contribution in [0.15, 0.2) is 0 Å². The number of hydrogen-bond acceptors (Lipinski definition) is 15. The molecule has 0 saturated heterocycles. The summed E-state index contributed by atoms with van der Waals surface area (Å²) in [6, 6.07) is 0. The smallest absolute Gasteiger partial charge is 0.462 e. The quantitative estimate of drug-likeness (QED) is 0.0222. The van der Waals surface area contributed by atoms with E-state index in [0.29, 0.717) is 31.6 Å². The molecule has 0 rings (SSSR count). The summed E-state index contributed by atoms with van der Waals surface area (Å²) in [6.07, 6.45) is 58.4. The fourth-order valence-electron chi connectivity index (χ4n) is 12.3. The van der Waals surface area contributed by atoms with Gasteiger partial charge in [-0.25, -0.2) is 9.13 Å². The number of carbonyl (C=O) groups excluding carboxylic acids is 4. The minimum Gasteiger partial charge on any atom is -0.462 e. The van der Waals surface area contributed by atoms with Crippen LogP contribution in [0.3, 0.4) is 0 Å². The summed E-state index contributed by atoms with van der Waals surface area (Å²) < 4.78 is 68.6. The molecular weight excluding hydrogens is 1290 g/mol. The van der Waals surface area contributed by atoms with E-state index in [-0.39, 0.29) is 25.7 Å². The number of unbranched alkanes of at least 4 members (excludes halogenated alkanes) is 45. The molecule has 6 atom stereocenters. The maximum atomic E-state index is 13.1. The molecule has 0 fully saturated rings. The lowest BCUT2D eigenvalue weighted by atomic mass is 9.99. The summed E-state index contributed by atoms with van der Waals surface area (Å²) in [6.45, 7) is 11.9. The zero-order chi connectivity index (χ0) is 73.0. The van der Waals surface area contributed by atoms with Crippen LogP contribution in [0.5, 0.6) is 0 Å². The zero-order valence-corrected chi connectivity index (χ0v) is 66.8. The van der Waals surface area contributed by atoms with E-state index in [2.05, 4.69) is 48.5 Å². The third-order valence-electron chi connectivity index (χ3n) is 19.0. The molecule has 0 heterocycles. The summed E-state index contributed by atoms with van der Waals surface area (Å²) >= 11 is 0. The average Bonchev–Trinajstić information content (AvgIpc) is 1.19. The van der Waals surface area contributed by atoms with E-state index in [4.69, 9.17) is 37.0 Å². The number of aliphatic hydroxyl groups is 1. The van der Waals surface area contributed by atoms with E-state index in [9.17, 15) is 43.2 Å². The lowest BCUT2D eigenvalue weighted by Gasteiger charge is -2.21. The molecule has 0 aliphatic heterocycles. The molecule has 0 spiro atoms. The number of esters is 4. The fraction of sp³-hybridized carbons (Fsp3) is 0.950. The molecule has 0 aliphatic rings. The first-order valence-electron chi connectivity index (χ1n) is 41.4. The monoisotopic (exact) mass is 1450 g/mol. The van der Waals surface area contributed by atoms with Gasteiger partial charge < -0.3 is 33.8 Å². The highest BCUT2D eigenvalue weighted by Crippen LogP contribution is 2.45. The van der Waals surface area contributed by atoms with Crippen LogP contribution < -0.4 is 0 Å². The van der Waals surface area contributed by atoms with Gasteiger partial charge in [0.05, 0.1) is 26.4 Å². The molecule has 3 N–H and O–H groups in total. The number of hydrogen-bond donors (Lipinski definition) is 3. The van der Waals surface area contributed by atoms with Gasteiger partial charge in [0.15, 0.2) is 12.2 Å². The van der Waals surface area contributed by atoms with E-state index < -0.39 is 97.5 Å². The summed E-state index contributed by atoms with van der Waals surface area (Å²) in [5.74, 6) is 0.198. The van der Waals surface area contributed by atoms with Gasteiger partial charge in [0.25, 0.3) is 0 Å². The second kappa shape index (κ2) is 70.4. The third kappa shape index (κ3) is 72.8. The Labute approximate surface area is 607 Å². The Kier molecular flexibility index (Phi) is 69.0. The fourth-order valence-corrected chi connectivity index (χ4v) is 13.9. The molecule has 0 aromatic rings. The topological polar surface area (TPSA) is 237 Å². The van der Waals surface area contributed by atoms with E-state index in [1.807, 2.05) is 0 Å². The highest BCUT2D eigenvalue weighted by molar-refractivity contribution is 7.47. The number of phosphoric acid groups is 2. The highest BCUT2D eigenvalue weighted by Gasteiger charge is 2.30. The number of rotatable bonds is 78. The van der Waals surface area contributed by atoms with Crippen LogP contribution in [0.2, 0.25) is 0 Å². The van der Waals surface area contributed by atoms with Crippen molar-refractivity contribution in [3.8, 4) is 0 Å². The van der Waals surface area contributed by atoms with E-state index in [0.717, 1.165) is 108 Å². The van der Waals surface area contributed by atoms with Crippen molar-refractivity contribution in [2.45, 2.75) is 433 Å². The van der Waals surface area contributed by atoms with E-state index >= 15 is 0 Å². The van der Waals surface area contributed by atoms with Crippen molar-refractivity contribution in [2.75, 3.05) is 39.6 Å². The van der Waals surface area contributed by atoms with Crippen molar-refractivity contribution < 1.29 is 80.2 Å². The van der Waals surface area contributed by atoms with Crippen molar-refractivity contribution in [1.82, 2.24) is 0 Å². The molecule has 19 heteroatoms. The highest BCUT2D eigenvalue weighted by atomic mass is 31.2. The van der Waals surface area contributed by atoms with Gasteiger partial charge in [0.2, 0.25) is 0 Å². The van der Waals surface area contributed by atoms with Crippen molar-refractivity contribution in [1.29, 1.82) is 0 Å². The first kappa shape index (κ1) is 97.1. The average molecular weight is 1450 g/mol. The van der Waals surface area contributed by atoms with Crippen LogP contribution >= 0.6 is 15.6 Å². The second-order valence-corrected chi connectivity index (χ2v) is 32.9. The van der Waals surface area contributed by atoms with Crippen LogP contribution in [-0.4, -0.2) is 96.7 Å². The van der Waals surface area contributed by atoms with Crippen LogP contribution in [0.25, 0.3) is 0 Å². The first-order valence-corrected chi connectivity index (χ1v) is 44.4. The van der Waals surface area contributed by atoms with Crippen LogP contribution in [-0.2, 0) is 65.4 Å². The lowest BCUT2D eigenvalue weighted by Crippen LogP contribution is -2.30. The minimum absolute atomic E-state index is 0.105. The molecule has 0 aromatic carbocycles. The van der Waals surface area contributed by atoms with Gasteiger partial charge in [-0.2, -0.15) is 0 Å². The van der Waals surface area contributed by atoms with Gasteiger partial charge in [0, 0.05) is 25.7 Å². The van der Waals surface area contributed by atoms with Gasteiger partial charge in [-0.15, -0.1) is 0 Å². The number of aliphatic hydroxyl groups excluding tert-OH is 1. The van der Waals surface area contributed by atoms with Gasteiger partial charge in [-0.3, -0.25) is 37.3 Å². The van der Waals surface area contributed by atoms with Crippen LogP contribution in [0, 0.1) is 17.8 Å². The summed E-state index contributed by atoms with van der Waals surface area (Å²) in [4.78, 5) is 72.9. The minimum atomic E-state index is -4.96. The molecule has 0 aliphatic carbocycles. The molecular formula is C80H156O17P2. The number of carbonyl (C=O) groups is 4. The number of ether oxygens (including phenoxy) is 4. The first-order chi connectivity index (χ1) is 47.8. The maximum absolute atomic E-state index is 13.1. The molecule has 0 radical (unpaired) electrons. The molecule has 3 unspecified atom stereocenters. The van der Waals surface area contributed by atoms with Crippen molar-refractivity contribution in [3.63, 3.8) is 0 Å². The van der Waals surface area contributed by atoms with Crippen molar-refractivity contribution in [3.05, 3.63) is 0 Å².